The lowest BCUT2D eigenvalue weighted by atomic mass is 10.5. The molecule has 54 valence electrons. The molecule has 0 saturated heterocycles. The van der Waals surface area contributed by atoms with Crippen LogP contribution in [-0.2, 0) is 14.3 Å². The van der Waals surface area contributed by atoms with Crippen molar-refractivity contribution in [3.63, 3.8) is 0 Å². The van der Waals surface area contributed by atoms with Crippen molar-refractivity contribution in [2.75, 3.05) is 6.61 Å². The lowest BCUT2D eigenvalue weighted by molar-refractivity contribution is -0.125. The quantitative estimate of drug-likeness (QED) is 0.530. The van der Waals surface area contributed by atoms with Crippen LogP contribution in [0.2, 0.25) is 0 Å². The Morgan fingerprint density at radius 2 is 2.30 bits per heavy atom. The van der Waals surface area contributed by atoms with Crippen molar-refractivity contribution in [3.05, 3.63) is 11.8 Å². The largest absolute Gasteiger partial charge is 0.488 e. The van der Waals surface area contributed by atoms with E-state index >= 15 is 0 Å². The van der Waals surface area contributed by atoms with E-state index in [1.165, 1.54) is 0 Å². The zero-order valence-electron chi connectivity index (χ0n) is 5.51. The molecule has 0 radical (unpaired) electrons. The molecule has 0 saturated carbocycles. The maximum absolute atomic E-state index is 10.6. The molecule has 0 aliphatic carbocycles. The average molecular weight is 141 g/mol. The lowest BCUT2D eigenvalue weighted by Crippen LogP contribution is -2.22. The third kappa shape index (κ3) is 1.15. The van der Waals surface area contributed by atoms with Gasteiger partial charge in [0.1, 0.15) is 0 Å². The molecule has 2 amide bonds. The molecule has 4 heteroatoms. The fraction of sp³-hybridized carbons (Fsp3) is 0.333. The summed E-state index contributed by atoms with van der Waals surface area (Å²) in [5, 5.41) is 2.06. The summed E-state index contributed by atoms with van der Waals surface area (Å²) in [6.07, 6.45) is 1.14. The van der Waals surface area contributed by atoms with Gasteiger partial charge >= 0.3 is 0 Å². The number of ether oxygens (including phenoxy) is 1. The Labute approximate surface area is 57.9 Å². The fourth-order valence-corrected chi connectivity index (χ4v) is 0.657. The van der Waals surface area contributed by atoms with E-state index in [2.05, 4.69) is 5.32 Å². The Bertz CT molecular complexity index is 207. The van der Waals surface area contributed by atoms with E-state index in [1.807, 2.05) is 0 Å². The molecule has 0 fully saturated rings. The maximum atomic E-state index is 10.6. The summed E-state index contributed by atoms with van der Waals surface area (Å²) in [7, 11) is 0. The second-order valence-electron chi connectivity index (χ2n) is 1.76. The van der Waals surface area contributed by atoms with E-state index in [9.17, 15) is 9.59 Å². The Balaban J connectivity index is 2.65. The van der Waals surface area contributed by atoms with Crippen molar-refractivity contribution in [3.8, 4) is 0 Å². The number of hydrogen-bond donors (Lipinski definition) is 1. The van der Waals surface area contributed by atoms with Gasteiger partial charge in [0.25, 0.3) is 11.8 Å². The van der Waals surface area contributed by atoms with Crippen molar-refractivity contribution in [1.82, 2.24) is 5.32 Å². The minimum Gasteiger partial charge on any atom is -0.488 e. The predicted octanol–water partition coefficient (Wildman–Crippen LogP) is -0.437. The van der Waals surface area contributed by atoms with Gasteiger partial charge in [-0.3, -0.25) is 14.9 Å². The first-order valence-corrected chi connectivity index (χ1v) is 2.94. The van der Waals surface area contributed by atoms with Gasteiger partial charge in [0.2, 0.25) is 0 Å². The zero-order valence-corrected chi connectivity index (χ0v) is 5.51. The number of carbonyl (C=O) groups excluding carboxylic acids is 2. The van der Waals surface area contributed by atoms with Crippen molar-refractivity contribution in [2.24, 2.45) is 0 Å². The van der Waals surface area contributed by atoms with E-state index < -0.39 is 11.8 Å². The molecule has 0 bridgehead atoms. The monoisotopic (exact) mass is 141 g/mol. The van der Waals surface area contributed by atoms with E-state index in [0.717, 1.165) is 6.08 Å². The summed E-state index contributed by atoms with van der Waals surface area (Å²) < 4.78 is 4.81. The van der Waals surface area contributed by atoms with E-state index in [4.69, 9.17) is 4.74 Å². The lowest BCUT2D eigenvalue weighted by Gasteiger charge is -1.98. The van der Waals surface area contributed by atoms with Crippen LogP contribution in [0.5, 0.6) is 0 Å². The molecule has 0 aromatic carbocycles. The van der Waals surface area contributed by atoms with Gasteiger partial charge in [-0.05, 0) is 6.92 Å². The van der Waals surface area contributed by atoms with Crippen LogP contribution in [0.25, 0.3) is 0 Å². The molecule has 1 aliphatic heterocycles. The summed E-state index contributed by atoms with van der Waals surface area (Å²) in [5.41, 5.74) is 0. The molecule has 4 nitrogen and oxygen atoms in total. The minimum atomic E-state index is -0.452. The van der Waals surface area contributed by atoms with Gasteiger partial charge in [-0.25, -0.2) is 0 Å². The molecule has 1 N–H and O–H groups in total. The first-order valence-electron chi connectivity index (χ1n) is 2.94. The Morgan fingerprint density at radius 1 is 1.60 bits per heavy atom. The molecule has 10 heavy (non-hydrogen) atoms. The smallest absolute Gasteiger partial charge is 0.293 e. The molecule has 0 aromatic rings. The van der Waals surface area contributed by atoms with Crippen molar-refractivity contribution in [1.29, 1.82) is 0 Å². The van der Waals surface area contributed by atoms with Crippen molar-refractivity contribution in [2.45, 2.75) is 6.92 Å². The Kier molecular flexibility index (Phi) is 1.71. The van der Waals surface area contributed by atoms with Gasteiger partial charge in [-0.1, -0.05) is 0 Å². The Hall–Kier alpha value is -1.32. The number of imide groups is 1. The topological polar surface area (TPSA) is 55.4 Å². The maximum Gasteiger partial charge on any atom is 0.293 e. The number of hydrogen-bond acceptors (Lipinski definition) is 3. The van der Waals surface area contributed by atoms with Gasteiger partial charge in [-0.2, -0.15) is 0 Å². The summed E-state index contributed by atoms with van der Waals surface area (Å²) >= 11 is 0. The molecule has 1 heterocycles. The molecular weight excluding hydrogens is 134 g/mol. The molecule has 0 aromatic heterocycles. The predicted molar refractivity (Wildman–Crippen MR) is 32.9 cm³/mol. The van der Waals surface area contributed by atoms with Crippen LogP contribution in [0.15, 0.2) is 11.8 Å². The van der Waals surface area contributed by atoms with Gasteiger partial charge < -0.3 is 4.74 Å². The van der Waals surface area contributed by atoms with Crippen LogP contribution < -0.4 is 5.32 Å². The molecule has 0 atom stereocenters. The summed E-state index contributed by atoms with van der Waals surface area (Å²) in [5.74, 6) is -0.757. The second-order valence-corrected chi connectivity index (χ2v) is 1.76. The van der Waals surface area contributed by atoms with E-state index in [-0.39, 0.29) is 5.76 Å². The van der Waals surface area contributed by atoms with Crippen LogP contribution in [0.1, 0.15) is 6.92 Å². The number of rotatable bonds is 2. The summed E-state index contributed by atoms with van der Waals surface area (Å²) in [6, 6.07) is 0. The van der Waals surface area contributed by atoms with E-state index in [0.29, 0.717) is 6.61 Å². The summed E-state index contributed by atoms with van der Waals surface area (Å²) in [4.78, 5) is 21.1. The molecule has 0 spiro atoms. The van der Waals surface area contributed by atoms with Gasteiger partial charge in [0, 0.05) is 0 Å². The molecule has 1 rings (SSSR count). The first-order chi connectivity index (χ1) is 4.74. The second kappa shape index (κ2) is 2.51. The Morgan fingerprint density at radius 3 is 2.70 bits per heavy atom. The highest BCUT2D eigenvalue weighted by molar-refractivity contribution is 6.15. The molecule has 0 unspecified atom stereocenters. The summed E-state index contributed by atoms with van der Waals surface area (Å²) in [6.45, 7) is 2.14. The first kappa shape index (κ1) is 6.80. The van der Waals surface area contributed by atoms with Gasteiger partial charge in [-0.15, -0.1) is 0 Å². The van der Waals surface area contributed by atoms with E-state index in [1.54, 1.807) is 6.92 Å². The van der Waals surface area contributed by atoms with Gasteiger partial charge in [0.15, 0.2) is 5.76 Å². The fourth-order valence-electron chi connectivity index (χ4n) is 0.657. The highest BCUT2D eigenvalue weighted by Gasteiger charge is 2.21. The highest BCUT2D eigenvalue weighted by atomic mass is 16.5. The third-order valence-corrected chi connectivity index (χ3v) is 1.02. The minimum absolute atomic E-state index is 0.104. The highest BCUT2D eigenvalue weighted by Crippen LogP contribution is 2.02. The van der Waals surface area contributed by atoms with Crippen LogP contribution in [0.4, 0.5) is 0 Å². The molecule has 1 aliphatic rings. The van der Waals surface area contributed by atoms with Crippen LogP contribution >= 0.6 is 0 Å². The van der Waals surface area contributed by atoms with Crippen molar-refractivity contribution >= 4 is 11.8 Å². The standard InChI is InChI=1S/C6H7NO3/c1-2-10-4-3-5(8)7-6(4)9/h3H,2H2,1H3,(H,7,8,9). The van der Waals surface area contributed by atoms with Crippen LogP contribution in [0.3, 0.4) is 0 Å². The number of amides is 2. The normalized spacial score (nSPS) is 16.7. The zero-order chi connectivity index (χ0) is 7.56. The van der Waals surface area contributed by atoms with Crippen molar-refractivity contribution < 1.29 is 14.3 Å². The van der Waals surface area contributed by atoms with Crippen LogP contribution in [0, 0.1) is 0 Å². The molecular formula is C6H7NO3. The average Bonchev–Trinajstić information content (AvgIpc) is 2.13. The van der Waals surface area contributed by atoms with Crippen LogP contribution in [-0.4, -0.2) is 18.4 Å². The number of nitrogens with one attached hydrogen (secondary N) is 1. The SMILES string of the molecule is CCOC1=CC(=O)NC1=O. The third-order valence-electron chi connectivity index (χ3n) is 1.02. The number of carbonyl (C=O) groups is 2. The van der Waals surface area contributed by atoms with Gasteiger partial charge in [0.05, 0.1) is 12.7 Å².